The van der Waals surface area contributed by atoms with Crippen molar-refractivity contribution in [3.8, 4) is 0 Å². The predicted octanol–water partition coefficient (Wildman–Crippen LogP) is 1.58. The predicted molar refractivity (Wildman–Crippen MR) is 87.3 cm³/mol. The molecule has 3 N–H and O–H groups in total. The van der Waals surface area contributed by atoms with Gasteiger partial charge in [0.15, 0.2) is 0 Å². The Hall–Kier alpha value is -2.14. The van der Waals surface area contributed by atoms with Crippen molar-refractivity contribution in [1.82, 2.24) is 10.6 Å². The molecule has 0 radical (unpaired) electrons. The molecule has 5 heteroatoms. The second-order valence-electron chi connectivity index (χ2n) is 5.55. The van der Waals surface area contributed by atoms with Crippen LogP contribution in [0, 0.1) is 5.92 Å². The van der Waals surface area contributed by atoms with Gasteiger partial charge in [-0.05, 0) is 36.1 Å². The highest BCUT2D eigenvalue weighted by atomic mass is 16.3. The van der Waals surface area contributed by atoms with Gasteiger partial charge in [0.05, 0.1) is 12.6 Å². The summed E-state index contributed by atoms with van der Waals surface area (Å²) in [6.07, 6.45) is 3.83. The van der Waals surface area contributed by atoms with Crippen molar-refractivity contribution in [2.45, 2.75) is 26.3 Å². The third-order valence-electron chi connectivity index (χ3n) is 3.15. The first-order valence-corrected chi connectivity index (χ1v) is 7.37. The summed E-state index contributed by atoms with van der Waals surface area (Å²) in [6, 6.07) is 6.71. The van der Waals surface area contributed by atoms with E-state index >= 15 is 0 Å². The minimum absolute atomic E-state index is 0.0708. The van der Waals surface area contributed by atoms with Crippen LogP contribution in [0.3, 0.4) is 0 Å². The van der Waals surface area contributed by atoms with Crippen LogP contribution in [0.1, 0.15) is 36.2 Å². The molecule has 1 rings (SSSR count). The second kappa shape index (κ2) is 9.00. The number of hydrogen-bond donors (Lipinski definition) is 3. The molecule has 0 spiro atoms. The first-order valence-electron chi connectivity index (χ1n) is 7.37. The molecule has 0 bridgehead atoms. The molecule has 0 aliphatic carbocycles. The van der Waals surface area contributed by atoms with Gasteiger partial charge in [-0.1, -0.05) is 26.0 Å². The summed E-state index contributed by atoms with van der Waals surface area (Å²) >= 11 is 0. The zero-order valence-electron chi connectivity index (χ0n) is 13.3. The highest BCUT2D eigenvalue weighted by Crippen LogP contribution is 2.07. The van der Waals surface area contributed by atoms with Crippen molar-refractivity contribution < 1.29 is 14.7 Å². The lowest BCUT2D eigenvalue weighted by atomic mass is 10.0. The van der Waals surface area contributed by atoms with Gasteiger partial charge in [0.1, 0.15) is 0 Å². The van der Waals surface area contributed by atoms with Crippen LogP contribution in [0.2, 0.25) is 0 Å². The van der Waals surface area contributed by atoms with Crippen LogP contribution >= 0.6 is 0 Å². The summed E-state index contributed by atoms with van der Waals surface area (Å²) < 4.78 is 0. The molecule has 120 valence electrons. The Kier molecular flexibility index (Phi) is 7.32. The molecule has 22 heavy (non-hydrogen) atoms. The van der Waals surface area contributed by atoms with Crippen molar-refractivity contribution in [2.24, 2.45) is 5.92 Å². The van der Waals surface area contributed by atoms with Crippen molar-refractivity contribution in [1.29, 1.82) is 0 Å². The fraction of sp³-hybridized carbons (Fsp3) is 0.412. The monoisotopic (exact) mass is 304 g/mol. The maximum Gasteiger partial charge on any atom is 0.251 e. The van der Waals surface area contributed by atoms with Crippen LogP contribution in [-0.2, 0) is 4.79 Å². The van der Waals surface area contributed by atoms with Gasteiger partial charge in [-0.3, -0.25) is 9.59 Å². The lowest BCUT2D eigenvalue weighted by Crippen LogP contribution is -2.37. The van der Waals surface area contributed by atoms with E-state index in [1.54, 1.807) is 37.4 Å². The minimum Gasteiger partial charge on any atom is -0.394 e. The van der Waals surface area contributed by atoms with Gasteiger partial charge in [-0.2, -0.15) is 0 Å². The molecule has 0 aromatic heterocycles. The van der Waals surface area contributed by atoms with Gasteiger partial charge in [0.2, 0.25) is 5.91 Å². The molecule has 2 amide bonds. The quantitative estimate of drug-likeness (QED) is 0.669. The molecular weight excluding hydrogens is 280 g/mol. The van der Waals surface area contributed by atoms with E-state index in [4.69, 9.17) is 0 Å². The van der Waals surface area contributed by atoms with Crippen LogP contribution in [0.4, 0.5) is 0 Å². The molecule has 0 aliphatic heterocycles. The van der Waals surface area contributed by atoms with E-state index in [0.29, 0.717) is 11.5 Å². The molecular formula is C17H24N2O3. The summed E-state index contributed by atoms with van der Waals surface area (Å²) in [4.78, 5) is 23.2. The van der Waals surface area contributed by atoms with Crippen LogP contribution in [0.5, 0.6) is 0 Å². The van der Waals surface area contributed by atoms with E-state index in [1.807, 2.05) is 13.8 Å². The zero-order chi connectivity index (χ0) is 16.5. The number of benzene rings is 1. The molecule has 0 saturated carbocycles. The van der Waals surface area contributed by atoms with E-state index < -0.39 is 0 Å². The van der Waals surface area contributed by atoms with E-state index in [-0.39, 0.29) is 24.5 Å². The van der Waals surface area contributed by atoms with Gasteiger partial charge < -0.3 is 15.7 Å². The van der Waals surface area contributed by atoms with E-state index in [9.17, 15) is 14.7 Å². The third kappa shape index (κ3) is 6.10. The Bertz CT molecular complexity index is 521. The van der Waals surface area contributed by atoms with Crippen LogP contribution < -0.4 is 10.6 Å². The highest BCUT2D eigenvalue weighted by molar-refractivity contribution is 5.94. The Labute approximate surface area is 131 Å². The van der Waals surface area contributed by atoms with Gasteiger partial charge in [-0.15, -0.1) is 0 Å². The molecule has 1 atom stereocenters. The number of aliphatic hydroxyl groups is 1. The summed E-state index contributed by atoms with van der Waals surface area (Å²) in [6.45, 7) is 4.01. The van der Waals surface area contributed by atoms with Gasteiger partial charge >= 0.3 is 0 Å². The van der Waals surface area contributed by atoms with Gasteiger partial charge in [0, 0.05) is 18.7 Å². The molecule has 0 fully saturated rings. The molecule has 1 unspecified atom stereocenters. The summed E-state index contributed by atoms with van der Waals surface area (Å²) in [7, 11) is 1.58. The van der Waals surface area contributed by atoms with Crippen molar-refractivity contribution >= 4 is 17.9 Å². The van der Waals surface area contributed by atoms with Crippen LogP contribution in [0.15, 0.2) is 30.3 Å². The number of hydrogen-bond acceptors (Lipinski definition) is 3. The van der Waals surface area contributed by atoms with Crippen LogP contribution in [0.25, 0.3) is 6.08 Å². The van der Waals surface area contributed by atoms with Crippen molar-refractivity contribution in [3.05, 3.63) is 41.5 Å². The Balaban J connectivity index is 2.60. The topological polar surface area (TPSA) is 78.4 Å². The number of carbonyl (C=O) groups is 2. The SMILES string of the molecule is CNC(=O)c1ccc(/C=C/C(=O)NC(CO)CC(C)C)cc1. The van der Waals surface area contributed by atoms with E-state index in [2.05, 4.69) is 10.6 Å². The Morgan fingerprint density at radius 2 is 1.86 bits per heavy atom. The number of rotatable bonds is 7. The normalized spacial score (nSPS) is 12.4. The van der Waals surface area contributed by atoms with Gasteiger partial charge in [-0.25, -0.2) is 0 Å². The lowest BCUT2D eigenvalue weighted by Gasteiger charge is -2.17. The maximum absolute atomic E-state index is 11.8. The van der Waals surface area contributed by atoms with Crippen molar-refractivity contribution in [2.75, 3.05) is 13.7 Å². The molecule has 1 aromatic carbocycles. The van der Waals surface area contributed by atoms with Crippen LogP contribution in [-0.4, -0.2) is 36.6 Å². The summed E-state index contributed by atoms with van der Waals surface area (Å²) in [5, 5.41) is 14.6. The first-order chi connectivity index (χ1) is 10.5. The van der Waals surface area contributed by atoms with Crippen molar-refractivity contribution in [3.63, 3.8) is 0 Å². The molecule has 5 nitrogen and oxygen atoms in total. The highest BCUT2D eigenvalue weighted by Gasteiger charge is 2.11. The molecule has 0 heterocycles. The fourth-order valence-electron chi connectivity index (χ4n) is 2.06. The molecule has 0 saturated heterocycles. The number of carbonyl (C=O) groups excluding carboxylic acids is 2. The molecule has 1 aromatic rings. The van der Waals surface area contributed by atoms with E-state index in [0.717, 1.165) is 12.0 Å². The first kappa shape index (κ1) is 17.9. The third-order valence-corrected chi connectivity index (χ3v) is 3.15. The average Bonchev–Trinajstić information content (AvgIpc) is 2.51. The largest absolute Gasteiger partial charge is 0.394 e. The standard InChI is InChI=1S/C17H24N2O3/c1-12(2)10-15(11-20)19-16(21)9-6-13-4-7-14(8-5-13)17(22)18-3/h4-9,12,15,20H,10-11H2,1-3H3,(H,18,22)(H,19,21)/b9-6+. The molecule has 0 aliphatic rings. The van der Waals surface area contributed by atoms with E-state index in [1.165, 1.54) is 6.08 Å². The second-order valence-corrected chi connectivity index (χ2v) is 5.55. The smallest absolute Gasteiger partial charge is 0.251 e. The lowest BCUT2D eigenvalue weighted by molar-refractivity contribution is -0.117. The number of aliphatic hydroxyl groups excluding tert-OH is 1. The Morgan fingerprint density at radius 1 is 1.23 bits per heavy atom. The van der Waals surface area contributed by atoms with Gasteiger partial charge in [0.25, 0.3) is 5.91 Å². The Morgan fingerprint density at radius 3 is 2.36 bits per heavy atom. The average molecular weight is 304 g/mol. The summed E-state index contributed by atoms with van der Waals surface area (Å²) in [5.74, 6) is 0.0153. The fourth-order valence-corrected chi connectivity index (χ4v) is 2.06. The number of amides is 2. The summed E-state index contributed by atoms with van der Waals surface area (Å²) in [5.41, 5.74) is 1.40. The maximum atomic E-state index is 11.8. The minimum atomic E-state index is -0.241. The zero-order valence-corrected chi connectivity index (χ0v) is 13.3. The number of nitrogens with one attached hydrogen (secondary N) is 2.